The normalized spacial score (nSPS) is 14.4. The Morgan fingerprint density at radius 1 is 1.03 bits per heavy atom. The molecular weight excluding hydrogens is 418 g/mol. The van der Waals surface area contributed by atoms with Gasteiger partial charge in [0.25, 0.3) is 0 Å². The summed E-state index contributed by atoms with van der Waals surface area (Å²) in [6.07, 6.45) is 0.728. The van der Waals surface area contributed by atoms with Crippen molar-refractivity contribution in [1.82, 2.24) is 14.8 Å². The molecule has 0 unspecified atom stereocenters. The summed E-state index contributed by atoms with van der Waals surface area (Å²) in [5.41, 5.74) is 1.95. The molecule has 1 fully saturated rings. The number of carbonyl (C=O) groups excluding carboxylic acids is 2. The summed E-state index contributed by atoms with van der Waals surface area (Å²) in [6, 6.07) is 14.1. The lowest BCUT2D eigenvalue weighted by atomic mass is 10.2. The summed E-state index contributed by atoms with van der Waals surface area (Å²) in [5.74, 6) is 0.0720. The van der Waals surface area contributed by atoms with Gasteiger partial charge in [-0.2, -0.15) is 0 Å². The Morgan fingerprint density at radius 3 is 2.53 bits per heavy atom. The molecular formula is C22H23N3O3S2. The quantitative estimate of drug-likeness (QED) is 0.603. The van der Waals surface area contributed by atoms with E-state index < -0.39 is 0 Å². The van der Waals surface area contributed by atoms with E-state index in [9.17, 15) is 9.59 Å². The number of hydrogen-bond acceptors (Lipinski definition) is 6. The maximum Gasteiger partial charge on any atom is 0.409 e. The average molecular weight is 442 g/mol. The van der Waals surface area contributed by atoms with Crippen molar-refractivity contribution in [2.45, 2.75) is 12.8 Å². The third-order valence-corrected chi connectivity index (χ3v) is 7.05. The van der Waals surface area contributed by atoms with Crippen LogP contribution >= 0.6 is 22.7 Å². The van der Waals surface area contributed by atoms with Crippen molar-refractivity contribution in [2.75, 3.05) is 33.3 Å². The molecule has 6 nitrogen and oxygen atoms in total. The standard InChI is InChI=1S/C22H23N3O3S2/c1-28-22(27)25-11-6-10-24(12-13-25)19(26)15-18-20(17-9-5-14-29-17)23-21(30-18)16-7-3-2-4-8-16/h2-5,7-9,14H,6,10-13,15H2,1H3. The lowest BCUT2D eigenvalue weighted by Crippen LogP contribution is -2.37. The molecule has 3 heterocycles. The number of carbonyl (C=O) groups is 2. The van der Waals surface area contributed by atoms with Crippen molar-refractivity contribution >= 4 is 34.7 Å². The molecule has 4 rings (SSSR count). The first-order chi connectivity index (χ1) is 14.7. The summed E-state index contributed by atoms with van der Waals surface area (Å²) >= 11 is 3.21. The molecule has 8 heteroatoms. The molecule has 0 bridgehead atoms. The van der Waals surface area contributed by atoms with Gasteiger partial charge in [-0.1, -0.05) is 36.4 Å². The Balaban J connectivity index is 1.54. The number of thiazole rings is 1. The molecule has 0 aliphatic carbocycles. The molecule has 0 N–H and O–H groups in total. The van der Waals surface area contributed by atoms with Gasteiger partial charge < -0.3 is 14.5 Å². The largest absolute Gasteiger partial charge is 0.453 e. The number of amides is 2. The Labute approximate surface area is 183 Å². The molecule has 1 aliphatic rings. The van der Waals surface area contributed by atoms with E-state index >= 15 is 0 Å². The summed E-state index contributed by atoms with van der Waals surface area (Å²) in [5, 5.41) is 2.95. The molecule has 0 atom stereocenters. The van der Waals surface area contributed by atoms with Crippen LogP contribution in [0, 0.1) is 0 Å². The van der Waals surface area contributed by atoms with E-state index in [0.717, 1.165) is 32.4 Å². The van der Waals surface area contributed by atoms with Gasteiger partial charge in [0.1, 0.15) is 5.01 Å². The van der Waals surface area contributed by atoms with Crippen LogP contribution in [-0.4, -0.2) is 60.1 Å². The van der Waals surface area contributed by atoms with E-state index in [0.29, 0.717) is 32.6 Å². The van der Waals surface area contributed by atoms with Gasteiger partial charge in [-0.05, 0) is 17.9 Å². The highest BCUT2D eigenvalue weighted by atomic mass is 32.1. The van der Waals surface area contributed by atoms with Crippen LogP contribution in [0.3, 0.4) is 0 Å². The van der Waals surface area contributed by atoms with Crippen LogP contribution in [0.2, 0.25) is 0 Å². The Kier molecular flexibility index (Phi) is 6.44. The van der Waals surface area contributed by atoms with E-state index in [1.807, 2.05) is 52.7 Å². The van der Waals surface area contributed by atoms with Crippen LogP contribution in [0.4, 0.5) is 4.79 Å². The highest BCUT2D eigenvalue weighted by Gasteiger charge is 2.24. The second-order valence-electron chi connectivity index (χ2n) is 7.00. The molecule has 1 aromatic carbocycles. The molecule has 1 saturated heterocycles. The lowest BCUT2D eigenvalue weighted by molar-refractivity contribution is -0.130. The van der Waals surface area contributed by atoms with Crippen LogP contribution < -0.4 is 0 Å². The molecule has 2 aromatic heterocycles. The van der Waals surface area contributed by atoms with Gasteiger partial charge in [0.05, 0.1) is 24.1 Å². The molecule has 0 saturated carbocycles. The summed E-state index contributed by atoms with van der Waals surface area (Å²) in [4.78, 5) is 35.3. The van der Waals surface area contributed by atoms with Gasteiger partial charge in [0.2, 0.25) is 5.91 Å². The molecule has 0 radical (unpaired) electrons. The molecule has 156 valence electrons. The van der Waals surface area contributed by atoms with Crippen LogP contribution in [0.1, 0.15) is 11.3 Å². The molecule has 30 heavy (non-hydrogen) atoms. The van der Waals surface area contributed by atoms with Crippen LogP contribution in [0.15, 0.2) is 47.8 Å². The van der Waals surface area contributed by atoms with E-state index in [2.05, 4.69) is 0 Å². The fourth-order valence-corrected chi connectivity index (χ4v) is 5.39. The molecule has 3 aromatic rings. The van der Waals surface area contributed by atoms with Gasteiger partial charge in [-0.15, -0.1) is 22.7 Å². The highest BCUT2D eigenvalue weighted by molar-refractivity contribution is 7.17. The van der Waals surface area contributed by atoms with Crippen molar-refractivity contribution < 1.29 is 14.3 Å². The minimum atomic E-state index is -0.334. The first-order valence-corrected chi connectivity index (χ1v) is 11.5. The zero-order valence-corrected chi connectivity index (χ0v) is 18.4. The molecule has 1 aliphatic heterocycles. The number of benzene rings is 1. The number of thiophene rings is 1. The third kappa shape index (κ3) is 4.55. The van der Waals surface area contributed by atoms with E-state index in [-0.39, 0.29) is 12.0 Å². The number of rotatable bonds is 4. The SMILES string of the molecule is COC(=O)N1CCCN(C(=O)Cc2sc(-c3ccccc3)nc2-c2cccs2)CC1. The van der Waals surface area contributed by atoms with Crippen LogP contribution in [0.25, 0.3) is 21.1 Å². The van der Waals surface area contributed by atoms with E-state index in [4.69, 9.17) is 9.72 Å². The van der Waals surface area contributed by atoms with Crippen molar-refractivity contribution in [3.05, 3.63) is 52.7 Å². The van der Waals surface area contributed by atoms with E-state index in [1.165, 1.54) is 7.11 Å². The smallest absolute Gasteiger partial charge is 0.409 e. The predicted molar refractivity (Wildman–Crippen MR) is 120 cm³/mol. The second kappa shape index (κ2) is 9.40. The fourth-order valence-electron chi connectivity index (χ4n) is 3.51. The average Bonchev–Trinajstić information content (AvgIpc) is 3.38. The fraction of sp³-hybridized carbons (Fsp3) is 0.318. The zero-order valence-electron chi connectivity index (χ0n) is 16.7. The minimum absolute atomic E-state index is 0.0720. The number of methoxy groups -OCH3 is 1. The van der Waals surface area contributed by atoms with Crippen LogP contribution in [0.5, 0.6) is 0 Å². The highest BCUT2D eigenvalue weighted by Crippen LogP contribution is 2.36. The Morgan fingerprint density at radius 2 is 1.80 bits per heavy atom. The Bertz CT molecular complexity index is 1000. The second-order valence-corrected chi connectivity index (χ2v) is 9.03. The third-order valence-electron chi connectivity index (χ3n) is 5.07. The first-order valence-electron chi connectivity index (χ1n) is 9.85. The van der Waals surface area contributed by atoms with Crippen molar-refractivity contribution in [1.29, 1.82) is 0 Å². The summed E-state index contributed by atoms with van der Waals surface area (Å²) in [7, 11) is 1.39. The van der Waals surface area contributed by atoms with Gasteiger partial charge in [0, 0.05) is 36.6 Å². The lowest BCUT2D eigenvalue weighted by Gasteiger charge is -2.21. The number of nitrogens with zero attached hydrogens (tertiary/aromatic N) is 3. The topological polar surface area (TPSA) is 62.7 Å². The first kappa shape index (κ1) is 20.6. The summed E-state index contributed by atoms with van der Waals surface area (Å²) in [6.45, 7) is 2.27. The predicted octanol–water partition coefficient (Wildman–Crippen LogP) is 4.38. The Hall–Kier alpha value is -2.71. The van der Waals surface area contributed by atoms with Crippen molar-refractivity contribution in [2.24, 2.45) is 0 Å². The monoisotopic (exact) mass is 441 g/mol. The zero-order chi connectivity index (χ0) is 20.9. The van der Waals surface area contributed by atoms with E-state index in [1.54, 1.807) is 27.6 Å². The minimum Gasteiger partial charge on any atom is -0.453 e. The van der Waals surface area contributed by atoms with Gasteiger partial charge >= 0.3 is 6.09 Å². The van der Waals surface area contributed by atoms with Crippen LogP contribution in [-0.2, 0) is 16.0 Å². The van der Waals surface area contributed by atoms with Crippen molar-refractivity contribution in [3.8, 4) is 21.1 Å². The number of ether oxygens (including phenoxy) is 1. The van der Waals surface area contributed by atoms with Gasteiger partial charge in [-0.3, -0.25) is 4.79 Å². The van der Waals surface area contributed by atoms with Crippen molar-refractivity contribution in [3.63, 3.8) is 0 Å². The van der Waals surface area contributed by atoms with Gasteiger partial charge in [-0.25, -0.2) is 9.78 Å². The summed E-state index contributed by atoms with van der Waals surface area (Å²) < 4.78 is 4.82. The maximum absolute atomic E-state index is 13.1. The number of aromatic nitrogens is 1. The van der Waals surface area contributed by atoms with Gasteiger partial charge in [0.15, 0.2) is 0 Å². The molecule has 0 spiro atoms. The molecule has 2 amide bonds. The number of hydrogen-bond donors (Lipinski definition) is 0. The maximum atomic E-state index is 13.1.